The van der Waals surface area contributed by atoms with Crippen molar-refractivity contribution in [2.45, 2.75) is 64.8 Å². The van der Waals surface area contributed by atoms with E-state index in [0.717, 1.165) is 6.42 Å². The molecule has 0 heterocycles. The topological polar surface area (TPSA) is 20.2 Å². The summed E-state index contributed by atoms with van der Waals surface area (Å²) in [6, 6.07) is 0. The molecule has 0 spiro atoms. The summed E-state index contributed by atoms with van der Waals surface area (Å²) in [5.74, 6) is 2.91. The van der Waals surface area contributed by atoms with Crippen LogP contribution in [0.1, 0.15) is 39.0 Å². The third kappa shape index (κ3) is 11.6. The molecule has 0 saturated carbocycles. The molecule has 0 saturated heterocycles. The van der Waals surface area contributed by atoms with Crippen LogP contribution in [0.4, 0.5) is 0 Å². The van der Waals surface area contributed by atoms with E-state index in [4.69, 9.17) is 0 Å². The summed E-state index contributed by atoms with van der Waals surface area (Å²) in [6.07, 6.45) is 9.46. The highest BCUT2D eigenvalue weighted by atomic mass is 28.3. The predicted molar refractivity (Wildman–Crippen MR) is 75.0 cm³/mol. The van der Waals surface area contributed by atoms with Crippen molar-refractivity contribution in [1.29, 1.82) is 0 Å². The molecule has 0 amide bonds. The van der Waals surface area contributed by atoms with Crippen molar-refractivity contribution in [1.82, 2.24) is 0 Å². The maximum absolute atomic E-state index is 9.58. The minimum atomic E-state index is -1.34. The van der Waals surface area contributed by atoms with Gasteiger partial charge in [-0.05, 0) is 18.9 Å². The normalized spacial score (nSPS) is 13.6. The Bertz CT molecular complexity index is 252. The molecule has 1 atom stereocenters. The van der Waals surface area contributed by atoms with E-state index in [2.05, 4.69) is 44.1 Å². The molecule has 0 bridgehead atoms. The Morgan fingerprint density at radius 3 is 2.44 bits per heavy atom. The van der Waals surface area contributed by atoms with Crippen LogP contribution >= 0.6 is 0 Å². The molecule has 0 rings (SSSR count). The van der Waals surface area contributed by atoms with Gasteiger partial charge < -0.3 is 5.11 Å². The van der Waals surface area contributed by atoms with Gasteiger partial charge in [-0.2, -0.15) is 0 Å². The van der Waals surface area contributed by atoms with Crippen LogP contribution in [-0.4, -0.2) is 19.3 Å². The third-order valence-electron chi connectivity index (χ3n) is 2.14. The molecule has 0 aliphatic rings. The van der Waals surface area contributed by atoms with Crippen LogP contribution < -0.4 is 0 Å². The van der Waals surface area contributed by atoms with Crippen molar-refractivity contribution >= 4 is 8.07 Å². The highest BCUT2D eigenvalue weighted by molar-refractivity contribution is 6.83. The van der Waals surface area contributed by atoms with E-state index in [1.54, 1.807) is 0 Å². The number of hydrogen-bond donors (Lipinski definition) is 1. The summed E-state index contributed by atoms with van der Waals surface area (Å²) >= 11 is 0. The number of hydrogen-bond acceptors (Lipinski definition) is 1. The van der Waals surface area contributed by atoms with Gasteiger partial charge in [-0.25, -0.2) is 0 Å². The fourth-order valence-corrected chi connectivity index (χ4v) is 1.83. The number of aliphatic hydroxyl groups excluding tert-OH is 1. The molecule has 16 heavy (non-hydrogen) atoms. The molecule has 0 aromatic heterocycles. The van der Waals surface area contributed by atoms with Gasteiger partial charge in [-0.3, -0.25) is 0 Å². The molecule has 0 fully saturated rings. The Kier molecular flexibility index (Phi) is 8.33. The van der Waals surface area contributed by atoms with Crippen LogP contribution in [0.15, 0.2) is 12.2 Å². The Labute approximate surface area is 102 Å². The fourth-order valence-electron chi connectivity index (χ4n) is 1.25. The second kappa shape index (κ2) is 8.61. The lowest BCUT2D eigenvalue weighted by Crippen LogP contribution is -2.17. The van der Waals surface area contributed by atoms with Crippen LogP contribution in [0.3, 0.4) is 0 Å². The van der Waals surface area contributed by atoms with Gasteiger partial charge in [0.1, 0.15) is 14.2 Å². The summed E-state index contributed by atoms with van der Waals surface area (Å²) in [6.45, 7) is 8.76. The number of unbranched alkanes of at least 4 members (excludes halogenated alkanes) is 4. The lowest BCUT2D eigenvalue weighted by molar-refractivity contribution is 0.280. The Balaban J connectivity index is 3.73. The van der Waals surface area contributed by atoms with E-state index in [9.17, 15) is 5.11 Å². The zero-order valence-electron chi connectivity index (χ0n) is 11.2. The average molecular weight is 238 g/mol. The van der Waals surface area contributed by atoms with Crippen LogP contribution in [0, 0.1) is 11.5 Å². The van der Waals surface area contributed by atoms with Crippen molar-refractivity contribution in [3.8, 4) is 11.5 Å². The smallest absolute Gasteiger partial charge is 0.132 e. The molecule has 0 aromatic rings. The maximum Gasteiger partial charge on any atom is 0.132 e. The predicted octanol–water partition coefficient (Wildman–Crippen LogP) is 3.75. The largest absolute Gasteiger partial charge is 0.377 e. The average Bonchev–Trinajstić information content (AvgIpc) is 2.19. The first-order valence-electron chi connectivity index (χ1n) is 6.33. The van der Waals surface area contributed by atoms with E-state index in [1.807, 2.05) is 6.08 Å². The zero-order chi connectivity index (χ0) is 12.4. The van der Waals surface area contributed by atoms with Crippen molar-refractivity contribution < 1.29 is 5.11 Å². The highest BCUT2D eigenvalue weighted by Gasteiger charge is 2.07. The van der Waals surface area contributed by atoms with Gasteiger partial charge >= 0.3 is 0 Å². The van der Waals surface area contributed by atoms with E-state index in [0.29, 0.717) is 0 Å². The molecule has 1 nitrogen and oxygen atoms in total. The molecule has 1 N–H and O–H groups in total. The van der Waals surface area contributed by atoms with Crippen LogP contribution in [0.2, 0.25) is 19.6 Å². The minimum Gasteiger partial charge on any atom is -0.377 e. The monoisotopic (exact) mass is 238 g/mol. The van der Waals surface area contributed by atoms with Gasteiger partial charge in [-0.1, -0.05) is 57.8 Å². The van der Waals surface area contributed by atoms with Crippen molar-refractivity contribution in [3.63, 3.8) is 0 Å². The van der Waals surface area contributed by atoms with Crippen molar-refractivity contribution in [2.75, 3.05) is 0 Å². The van der Waals surface area contributed by atoms with Gasteiger partial charge in [-0.15, -0.1) is 5.54 Å². The molecule has 92 valence electrons. The SMILES string of the molecule is CCCCCC/C=C/[C@@H](O)C#C[Si](C)(C)C. The number of rotatable bonds is 6. The molecular weight excluding hydrogens is 212 g/mol. The Morgan fingerprint density at radius 1 is 1.19 bits per heavy atom. The summed E-state index contributed by atoms with van der Waals surface area (Å²) < 4.78 is 0. The molecule has 0 radical (unpaired) electrons. The van der Waals surface area contributed by atoms with Gasteiger partial charge in [0, 0.05) is 0 Å². The summed E-state index contributed by atoms with van der Waals surface area (Å²) in [4.78, 5) is 0. The number of allylic oxidation sites excluding steroid dienone is 1. The summed E-state index contributed by atoms with van der Waals surface area (Å²) in [7, 11) is -1.34. The quantitative estimate of drug-likeness (QED) is 0.323. The highest BCUT2D eigenvalue weighted by Crippen LogP contribution is 2.03. The first-order valence-corrected chi connectivity index (χ1v) is 9.83. The van der Waals surface area contributed by atoms with Gasteiger partial charge in [0.25, 0.3) is 0 Å². The second-order valence-electron chi connectivity index (χ2n) is 5.24. The zero-order valence-corrected chi connectivity index (χ0v) is 12.2. The standard InChI is InChI=1S/C14H26OSi/c1-5-6-7-8-9-10-11-14(15)12-13-16(2,3)4/h10-11,14-15H,5-9H2,1-4H3/b11-10+/t14-/m1/s1. The fraction of sp³-hybridized carbons (Fsp3) is 0.714. The first-order chi connectivity index (χ1) is 7.45. The van der Waals surface area contributed by atoms with E-state index in [1.165, 1.54) is 25.7 Å². The molecule has 2 heteroatoms. The van der Waals surface area contributed by atoms with Crippen LogP contribution in [-0.2, 0) is 0 Å². The van der Waals surface area contributed by atoms with Crippen LogP contribution in [0.25, 0.3) is 0 Å². The van der Waals surface area contributed by atoms with Gasteiger partial charge in [0.05, 0.1) is 0 Å². The molecule has 0 unspecified atom stereocenters. The second-order valence-corrected chi connectivity index (χ2v) is 9.99. The molecule has 0 aliphatic carbocycles. The van der Waals surface area contributed by atoms with E-state index >= 15 is 0 Å². The van der Waals surface area contributed by atoms with E-state index < -0.39 is 14.2 Å². The summed E-state index contributed by atoms with van der Waals surface area (Å²) in [5, 5.41) is 9.58. The molecular formula is C14H26OSi. The number of aliphatic hydroxyl groups is 1. The molecule has 0 aromatic carbocycles. The van der Waals surface area contributed by atoms with E-state index in [-0.39, 0.29) is 0 Å². The van der Waals surface area contributed by atoms with Crippen molar-refractivity contribution in [3.05, 3.63) is 12.2 Å². The van der Waals surface area contributed by atoms with Gasteiger partial charge in [0.2, 0.25) is 0 Å². The lowest BCUT2D eigenvalue weighted by atomic mass is 10.1. The third-order valence-corrected chi connectivity index (χ3v) is 3.03. The first kappa shape index (κ1) is 15.5. The van der Waals surface area contributed by atoms with Gasteiger partial charge in [0.15, 0.2) is 0 Å². The summed E-state index contributed by atoms with van der Waals surface area (Å²) in [5.41, 5.74) is 3.17. The van der Waals surface area contributed by atoms with Crippen LogP contribution in [0.5, 0.6) is 0 Å². The minimum absolute atomic E-state index is 0.571. The Morgan fingerprint density at radius 2 is 1.88 bits per heavy atom. The lowest BCUT2D eigenvalue weighted by Gasteiger charge is -2.04. The Hall–Kier alpha value is -0.523. The van der Waals surface area contributed by atoms with Crippen molar-refractivity contribution in [2.24, 2.45) is 0 Å². The maximum atomic E-state index is 9.58. The molecule has 0 aliphatic heterocycles.